The van der Waals surface area contributed by atoms with E-state index in [0.29, 0.717) is 40.4 Å². The monoisotopic (exact) mass is 607 g/mol. The van der Waals surface area contributed by atoms with Crippen LogP contribution in [0.5, 0.6) is 17.2 Å². The highest BCUT2D eigenvalue weighted by Gasteiger charge is 2.38. The summed E-state index contributed by atoms with van der Waals surface area (Å²) in [5.41, 5.74) is 1.02. The molecular formula is C29H26BrN3O7. The van der Waals surface area contributed by atoms with Gasteiger partial charge < -0.3 is 19.5 Å². The van der Waals surface area contributed by atoms with Crippen molar-refractivity contribution >= 4 is 57.1 Å². The molecule has 1 aliphatic rings. The second kappa shape index (κ2) is 12.9. The third-order valence-electron chi connectivity index (χ3n) is 5.57. The standard InChI is InChI=1S/C29H26BrN3O7/c1-3-38-20-11-13-25(39-4-2)23(16-20)33-28(36)21(27(35)32-29(33)37)14-18-10-12-24(22(30)15-18)40-17-26(34)31-19-8-6-5-7-9-19/h5-16H,3-4,17H2,1-2H3,(H,31,34)(H,32,35,37)/b21-14+. The van der Waals surface area contributed by atoms with Crippen LogP contribution in [0.3, 0.4) is 0 Å². The summed E-state index contributed by atoms with van der Waals surface area (Å²) in [5, 5.41) is 4.94. The quantitative estimate of drug-likeness (QED) is 0.247. The van der Waals surface area contributed by atoms with Crippen LogP contribution in [-0.4, -0.2) is 43.6 Å². The number of nitrogens with zero attached hydrogens (tertiary/aromatic N) is 1. The normalized spacial score (nSPS) is 14.1. The number of amides is 5. The Morgan fingerprint density at radius 1 is 0.925 bits per heavy atom. The minimum Gasteiger partial charge on any atom is -0.494 e. The van der Waals surface area contributed by atoms with Crippen molar-refractivity contribution in [3.63, 3.8) is 0 Å². The fraction of sp³-hybridized carbons (Fsp3) is 0.172. The Balaban J connectivity index is 1.54. The number of benzene rings is 3. The molecule has 0 bridgehead atoms. The fourth-order valence-electron chi connectivity index (χ4n) is 3.83. The van der Waals surface area contributed by atoms with Gasteiger partial charge in [0.1, 0.15) is 22.8 Å². The van der Waals surface area contributed by atoms with Crippen LogP contribution in [0.15, 0.2) is 76.8 Å². The summed E-state index contributed by atoms with van der Waals surface area (Å²) >= 11 is 3.40. The molecule has 2 N–H and O–H groups in total. The van der Waals surface area contributed by atoms with Gasteiger partial charge in [-0.2, -0.15) is 0 Å². The minimum atomic E-state index is -0.902. The Bertz CT molecular complexity index is 1470. The average molecular weight is 608 g/mol. The first-order valence-electron chi connectivity index (χ1n) is 12.4. The molecule has 0 aromatic heterocycles. The van der Waals surface area contributed by atoms with E-state index in [0.717, 1.165) is 4.90 Å². The van der Waals surface area contributed by atoms with Crippen molar-refractivity contribution in [3.8, 4) is 17.2 Å². The number of imide groups is 2. The van der Waals surface area contributed by atoms with Gasteiger partial charge in [-0.25, -0.2) is 9.69 Å². The molecule has 0 saturated carbocycles. The molecule has 3 aromatic carbocycles. The van der Waals surface area contributed by atoms with Crippen molar-refractivity contribution in [2.75, 3.05) is 30.0 Å². The Morgan fingerprint density at radius 2 is 1.65 bits per heavy atom. The van der Waals surface area contributed by atoms with Gasteiger partial charge in [-0.1, -0.05) is 24.3 Å². The number of hydrogen-bond acceptors (Lipinski definition) is 7. The first kappa shape index (κ1) is 28.4. The van der Waals surface area contributed by atoms with E-state index in [9.17, 15) is 19.2 Å². The maximum absolute atomic E-state index is 13.5. The van der Waals surface area contributed by atoms with Crippen molar-refractivity contribution in [2.24, 2.45) is 0 Å². The molecule has 0 radical (unpaired) electrons. The van der Waals surface area contributed by atoms with Gasteiger partial charge >= 0.3 is 6.03 Å². The zero-order valence-corrected chi connectivity index (χ0v) is 23.3. The zero-order chi connectivity index (χ0) is 28.6. The van der Waals surface area contributed by atoms with E-state index < -0.39 is 17.8 Å². The van der Waals surface area contributed by atoms with Gasteiger partial charge in [0.05, 0.1) is 23.4 Å². The van der Waals surface area contributed by atoms with Crippen LogP contribution in [0, 0.1) is 0 Å². The predicted octanol–water partition coefficient (Wildman–Crippen LogP) is 4.93. The van der Waals surface area contributed by atoms with Crippen molar-refractivity contribution in [3.05, 3.63) is 82.3 Å². The lowest BCUT2D eigenvalue weighted by Gasteiger charge is -2.28. The number of hydrogen-bond donors (Lipinski definition) is 2. The molecule has 1 fully saturated rings. The lowest BCUT2D eigenvalue weighted by Crippen LogP contribution is -2.54. The van der Waals surface area contributed by atoms with Crippen LogP contribution in [0.1, 0.15) is 19.4 Å². The molecule has 206 valence electrons. The summed E-state index contributed by atoms with van der Waals surface area (Å²) in [6.45, 7) is 4.03. The van der Waals surface area contributed by atoms with Crippen LogP contribution >= 0.6 is 15.9 Å². The molecule has 10 nitrogen and oxygen atoms in total. The molecule has 0 unspecified atom stereocenters. The van der Waals surface area contributed by atoms with E-state index >= 15 is 0 Å². The number of ether oxygens (including phenoxy) is 3. The highest BCUT2D eigenvalue weighted by atomic mass is 79.9. The number of rotatable bonds is 10. The van der Waals surface area contributed by atoms with Crippen LogP contribution < -0.4 is 29.7 Å². The van der Waals surface area contributed by atoms with Gasteiger partial charge in [0, 0.05) is 11.8 Å². The first-order chi connectivity index (χ1) is 19.3. The van der Waals surface area contributed by atoms with Gasteiger partial charge in [0.25, 0.3) is 17.7 Å². The average Bonchev–Trinajstić information content (AvgIpc) is 2.92. The van der Waals surface area contributed by atoms with Gasteiger partial charge in [-0.15, -0.1) is 0 Å². The lowest BCUT2D eigenvalue weighted by molar-refractivity contribution is -0.122. The molecular weight excluding hydrogens is 582 g/mol. The number of anilines is 2. The van der Waals surface area contributed by atoms with Gasteiger partial charge in [-0.05, 0) is 77.8 Å². The van der Waals surface area contributed by atoms with E-state index in [2.05, 4.69) is 26.6 Å². The summed E-state index contributed by atoms with van der Waals surface area (Å²) < 4.78 is 17.2. The third kappa shape index (κ3) is 6.67. The van der Waals surface area contributed by atoms with Crippen molar-refractivity contribution in [1.82, 2.24) is 5.32 Å². The number of carbonyl (C=O) groups excluding carboxylic acids is 4. The Hall–Kier alpha value is -4.64. The van der Waals surface area contributed by atoms with Crippen LogP contribution in [0.4, 0.5) is 16.2 Å². The van der Waals surface area contributed by atoms with Crippen LogP contribution in [0.25, 0.3) is 6.08 Å². The molecule has 1 aliphatic heterocycles. The number of urea groups is 1. The first-order valence-corrected chi connectivity index (χ1v) is 13.2. The molecule has 11 heteroatoms. The lowest BCUT2D eigenvalue weighted by atomic mass is 10.1. The number of carbonyl (C=O) groups is 4. The van der Waals surface area contributed by atoms with E-state index in [1.807, 2.05) is 25.1 Å². The summed E-state index contributed by atoms with van der Waals surface area (Å²) in [7, 11) is 0. The highest BCUT2D eigenvalue weighted by Crippen LogP contribution is 2.35. The molecule has 5 amide bonds. The van der Waals surface area contributed by atoms with Gasteiger partial charge in [0.15, 0.2) is 6.61 Å². The molecule has 40 heavy (non-hydrogen) atoms. The molecule has 1 saturated heterocycles. The molecule has 4 rings (SSSR count). The van der Waals surface area contributed by atoms with Crippen molar-refractivity contribution < 1.29 is 33.4 Å². The highest BCUT2D eigenvalue weighted by molar-refractivity contribution is 9.10. The predicted molar refractivity (Wildman–Crippen MR) is 152 cm³/mol. The summed E-state index contributed by atoms with van der Waals surface area (Å²) in [4.78, 5) is 51.9. The zero-order valence-electron chi connectivity index (χ0n) is 21.7. The van der Waals surface area contributed by atoms with Crippen molar-refractivity contribution in [1.29, 1.82) is 0 Å². The largest absolute Gasteiger partial charge is 0.494 e. The van der Waals surface area contributed by atoms with E-state index in [1.165, 1.54) is 12.1 Å². The topological polar surface area (TPSA) is 123 Å². The number of halogens is 1. The van der Waals surface area contributed by atoms with E-state index in [-0.39, 0.29) is 29.5 Å². The Kier molecular flexibility index (Phi) is 9.18. The van der Waals surface area contributed by atoms with E-state index in [4.69, 9.17) is 14.2 Å². The van der Waals surface area contributed by atoms with Crippen molar-refractivity contribution in [2.45, 2.75) is 13.8 Å². The Morgan fingerprint density at radius 3 is 2.35 bits per heavy atom. The van der Waals surface area contributed by atoms with Crippen LogP contribution in [0.2, 0.25) is 0 Å². The van der Waals surface area contributed by atoms with E-state index in [1.54, 1.807) is 49.4 Å². The number of nitrogens with one attached hydrogen (secondary N) is 2. The second-order valence-corrected chi connectivity index (χ2v) is 9.20. The molecule has 3 aromatic rings. The molecule has 0 aliphatic carbocycles. The van der Waals surface area contributed by atoms with Gasteiger partial charge in [-0.3, -0.25) is 19.7 Å². The maximum atomic E-state index is 13.5. The van der Waals surface area contributed by atoms with Gasteiger partial charge in [0.2, 0.25) is 0 Å². The molecule has 0 spiro atoms. The minimum absolute atomic E-state index is 0.146. The Labute approximate surface area is 239 Å². The second-order valence-electron chi connectivity index (χ2n) is 8.35. The smallest absolute Gasteiger partial charge is 0.336 e. The third-order valence-corrected chi connectivity index (χ3v) is 6.19. The SMILES string of the molecule is CCOc1ccc(OCC)c(N2C(=O)NC(=O)/C(=C\c3ccc(OCC(=O)Nc4ccccc4)c(Br)c3)C2=O)c1. The number of barbiturate groups is 1. The number of para-hydroxylation sites is 1. The summed E-state index contributed by atoms with van der Waals surface area (Å²) in [5.74, 6) is -0.893. The summed E-state index contributed by atoms with van der Waals surface area (Å²) in [6.07, 6.45) is 1.36. The van der Waals surface area contributed by atoms with Crippen LogP contribution in [-0.2, 0) is 14.4 Å². The molecule has 0 atom stereocenters. The fourth-order valence-corrected chi connectivity index (χ4v) is 4.35. The summed E-state index contributed by atoms with van der Waals surface area (Å²) in [6, 6.07) is 17.7. The molecule has 1 heterocycles. The maximum Gasteiger partial charge on any atom is 0.336 e.